The second-order valence-corrected chi connectivity index (χ2v) is 5.32. The normalized spacial score (nSPS) is 12.1. The van der Waals surface area contributed by atoms with Gasteiger partial charge < -0.3 is 5.32 Å². The first kappa shape index (κ1) is 15.0. The fourth-order valence-electron chi connectivity index (χ4n) is 2.50. The summed E-state index contributed by atoms with van der Waals surface area (Å²) in [5, 5.41) is 11.4. The van der Waals surface area contributed by atoms with Crippen molar-refractivity contribution in [2.24, 2.45) is 7.05 Å². The van der Waals surface area contributed by atoms with E-state index in [1.807, 2.05) is 32.0 Å². The minimum atomic E-state index is -0.171. The molecule has 1 atom stereocenters. The molecule has 0 spiro atoms. The van der Waals surface area contributed by atoms with Gasteiger partial charge in [0.15, 0.2) is 5.82 Å². The number of pyridine rings is 1. The highest BCUT2D eigenvalue weighted by molar-refractivity contribution is 5.92. The quantitative estimate of drug-likeness (QED) is 0.797. The molecule has 0 saturated carbocycles. The van der Waals surface area contributed by atoms with Crippen LogP contribution >= 0.6 is 0 Å². The van der Waals surface area contributed by atoms with E-state index in [2.05, 4.69) is 20.5 Å². The minimum absolute atomic E-state index is 0.164. The molecular formula is C16H18N6O. The van der Waals surface area contributed by atoms with Crippen molar-refractivity contribution in [2.75, 3.05) is 0 Å². The Hall–Kier alpha value is -2.96. The van der Waals surface area contributed by atoms with E-state index in [1.54, 1.807) is 41.1 Å². The van der Waals surface area contributed by atoms with Gasteiger partial charge in [-0.25, -0.2) is 9.67 Å². The molecule has 23 heavy (non-hydrogen) atoms. The summed E-state index contributed by atoms with van der Waals surface area (Å²) in [6.07, 6.45) is 5.09. The lowest BCUT2D eigenvalue weighted by atomic mass is 10.1. The molecule has 0 aromatic carbocycles. The molecule has 3 heterocycles. The largest absolute Gasteiger partial charge is 0.344 e. The molecule has 7 nitrogen and oxygen atoms in total. The molecule has 3 aromatic heterocycles. The zero-order valence-electron chi connectivity index (χ0n) is 13.3. The number of aryl methyl sites for hydroxylation is 1. The summed E-state index contributed by atoms with van der Waals surface area (Å²) >= 11 is 0. The van der Waals surface area contributed by atoms with Crippen LogP contribution in [0.5, 0.6) is 0 Å². The third kappa shape index (κ3) is 2.85. The fourth-order valence-corrected chi connectivity index (χ4v) is 2.50. The van der Waals surface area contributed by atoms with Crippen LogP contribution in [0.1, 0.15) is 34.7 Å². The van der Waals surface area contributed by atoms with Crippen molar-refractivity contribution in [2.45, 2.75) is 19.9 Å². The van der Waals surface area contributed by atoms with Crippen LogP contribution in [-0.2, 0) is 7.05 Å². The smallest absolute Gasteiger partial charge is 0.270 e. The number of amides is 1. The van der Waals surface area contributed by atoms with Gasteiger partial charge in [-0.05, 0) is 32.0 Å². The summed E-state index contributed by atoms with van der Waals surface area (Å²) in [5.41, 5.74) is 2.42. The highest BCUT2D eigenvalue weighted by Crippen LogP contribution is 2.19. The molecule has 0 aliphatic carbocycles. The zero-order chi connectivity index (χ0) is 16.4. The average molecular weight is 310 g/mol. The Kier molecular flexibility index (Phi) is 3.92. The van der Waals surface area contributed by atoms with Gasteiger partial charge >= 0.3 is 0 Å². The molecule has 7 heteroatoms. The van der Waals surface area contributed by atoms with Crippen LogP contribution in [0.4, 0.5) is 0 Å². The number of nitrogens with one attached hydrogen (secondary N) is 1. The monoisotopic (exact) mass is 310 g/mol. The highest BCUT2D eigenvalue weighted by atomic mass is 16.2. The van der Waals surface area contributed by atoms with Crippen molar-refractivity contribution in [1.29, 1.82) is 0 Å². The highest BCUT2D eigenvalue weighted by Gasteiger charge is 2.18. The number of carbonyl (C=O) groups excluding carboxylic acids is 1. The fraction of sp³-hybridized carbons (Fsp3) is 0.250. The number of hydrogen-bond donors (Lipinski definition) is 1. The summed E-state index contributed by atoms with van der Waals surface area (Å²) < 4.78 is 3.31. The lowest BCUT2D eigenvalue weighted by molar-refractivity contribution is 0.0930. The van der Waals surface area contributed by atoms with Gasteiger partial charge in [-0.2, -0.15) is 10.2 Å². The van der Waals surface area contributed by atoms with Gasteiger partial charge in [0.05, 0.1) is 12.2 Å². The molecular weight excluding hydrogens is 292 g/mol. The third-order valence-electron chi connectivity index (χ3n) is 3.78. The Balaban J connectivity index is 1.81. The molecule has 1 N–H and O–H groups in total. The molecule has 0 bridgehead atoms. The van der Waals surface area contributed by atoms with Gasteiger partial charge in [0.25, 0.3) is 5.91 Å². The summed E-state index contributed by atoms with van der Waals surface area (Å²) in [4.78, 5) is 16.6. The second kappa shape index (κ2) is 6.04. The maximum absolute atomic E-state index is 12.3. The summed E-state index contributed by atoms with van der Waals surface area (Å²) in [6, 6.07) is 7.18. The maximum Gasteiger partial charge on any atom is 0.270 e. The van der Waals surface area contributed by atoms with Crippen molar-refractivity contribution in [1.82, 2.24) is 29.9 Å². The molecule has 0 aliphatic heterocycles. The van der Waals surface area contributed by atoms with Crippen LogP contribution in [0.2, 0.25) is 0 Å². The van der Waals surface area contributed by atoms with Crippen molar-refractivity contribution in [3.63, 3.8) is 0 Å². The first-order chi connectivity index (χ1) is 11.1. The zero-order valence-corrected chi connectivity index (χ0v) is 13.3. The molecule has 0 radical (unpaired) electrons. The Bertz CT molecular complexity index is 820. The van der Waals surface area contributed by atoms with Crippen LogP contribution in [0.25, 0.3) is 5.82 Å². The Labute approximate surface area is 134 Å². The van der Waals surface area contributed by atoms with Crippen LogP contribution in [0.3, 0.4) is 0 Å². The van der Waals surface area contributed by atoms with E-state index in [4.69, 9.17) is 0 Å². The first-order valence-corrected chi connectivity index (χ1v) is 7.32. The Morgan fingerprint density at radius 1 is 1.22 bits per heavy atom. The van der Waals surface area contributed by atoms with E-state index >= 15 is 0 Å². The van der Waals surface area contributed by atoms with Crippen LogP contribution in [0, 0.1) is 6.92 Å². The van der Waals surface area contributed by atoms with E-state index < -0.39 is 0 Å². The van der Waals surface area contributed by atoms with E-state index in [9.17, 15) is 4.79 Å². The second-order valence-electron chi connectivity index (χ2n) is 5.32. The van der Waals surface area contributed by atoms with E-state index in [-0.39, 0.29) is 11.9 Å². The Morgan fingerprint density at radius 2 is 2.04 bits per heavy atom. The van der Waals surface area contributed by atoms with E-state index in [0.717, 1.165) is 17.1 Å². The van der Waals surface area contributed by atoms with Crippen molar-refractivity contribution >= 4 is 5.91 Å². The third-order valence-corrected chi connectivity index (χ3v) is 3.78. The van der Waals surface area contributed by atoms with E-state index in [1.165, 1.54) is 0 Å². The van der Waals surface area contributed by atoms with Crippen LogP contribution in [0.15, 0.2) is 42.9 Å². The molecule has 1 unspecified atom stereocenters. The summed E-state index contributed by atoms with van der Waals surface area (Å²) in [5.74, 6) is 0.587. The van der Waals surface area contributed by atoms with Gasteiger partial charge in [0.2, 0.25) is 0 Å². The lowest BCUT2D eigenvalue weighted by Gasteiger charge is -2.14. The minimum Gasteiger partial charge on any atom is -0.344 e. The van der Waals surface area contributed by atoms with Gasteiger partial charge in [0.1, 0.15) is 5.69 Å². The summed E-state index contributed by atoms with van der Waals surface area (Å²) in [6.45, 7) is 3.89. The number of nitrogens with zero attached hydrogens (tertiary/aromatic N) is 5. The van der Waals surface area contributed by atoms with Crippen LogP contribution in [-0.4, -0.2) is 30.5 Å². The van der Waals surface area contributed by atoms with Gasteiger partial charge in [-0.3, -0.25) is 9.48 Å². The maximum atomic E-state index is 12.3. The topological polar surface area (TPSA) is 77.6 Å². The van der Waals surface area contributed by atoms with Gasteiger partial charge in [-0.15, -0.1) is 0 Å². The van der Waals surface area contributed by atoms with Crippen molar-refractivity contribution < 1.29 is 4.79 Å². The summed E-state index contributed by atoms with van der Waals surface area (Å²) in [7, 11) is 1.74. The molecule has 1 amide bonds. The lowest BCUT2D eigenvalue weighted by Crippen LogP contribution is -2.28. The number of hydrogen-bond acceptors (Lipinski definition) is 4. The first-order valence-electron chi connectivity index (χ1n) is 7.32. The predicted molar refractivity (Wildman–Crippen MR) is 85.2 cm³/mol. The number of carbonyl (C=O) groups is 1. The SMILES string of the molecule is Cc1c(C(C)NC(=O)c2ccnn2C)cnn1-c1ccccn1. The van der Waals surface area contributed by atoms with Crippen molar-refractivity contribution in [3.05, 3.63) is 59.8 Å². The standard InChI is InChI=1S/C16H18N6O/c1-11(20-16(23)14-7-9-18-21(14)3)13-10-19-22(12(13)2)15-6-4-5-8-17-15/h4-11H,1-3H3,(H,20,23). The molecule has 0 aliphatic rings. The molecule has 3 aromatic rings. The Morgan fingerprint density at radius 3 is 2.70 bits per heavy atom. The van der Waals surface area contributed by atoms with Crippen LogP contribution < -0.4 is 5.32 Å². The molecule has 118 valence electrons. The van der Waals surface area contributed by atoms with E-state index in [0.29, 0.717) is 5.69 Å². The van der Waals surface area contributed by atoms with Gasteiger partial charge in [-0.1, -0.05) is 6.07 Å². The molecule has 3 rings (SSSR count). The predicted octanol–water partition coefficient (Wildman–Crippen LogP) is 1.80. The average Bonchev–Trinajstić information content (AvgIpc) is 3.14. The molecule has 0 saturated heterocycles. The number of aromatic nitrogens is 5. The number of rotatable bonds is 4. The molecule has 0 fully saturated rings. The van der Waals surface area contributed by atoms with Crippen molar-refractivity contribution in [3.8, 4) is 5.82 Å². The van der Waals surface area contributed by atoms with Gasteiger partial charge in [0, 0.05) is 30.7 Å².